The van der Waals surface area contributed by atoms with Crippen molar-refractivity contribution in [3.05, 3.63) is 12.2 Å². The van der Waals surface area contributed by atoms with Crippen molar-refractivity contribution in [2.24, 2.45) is 5.73 Å². The van der Waals surface area contributed by atoms with Gasteiger partial charge in [-0.2, -0.15) is 0 Å². The molecule has 5 nitrogen and oxygen atoms in total. The second-order valence-electron chi connectivity index (χ2n) is 2.63. The Morgan fingerprint density at radius 3 is 2.71 bits per heavy atom. The Bertz CT molecular complexity index is 241. The van der Waals surface area contributed by atoms with Crippen molar-refractivity contribution in [2.75, 3.05) is 0 Å². The number of amides is 1. The van der Waals surface area contributed by atoms with Crippen molar-refractivity contribution in [1.82, 2.24) is 9.74 Å². The summed E-state index contributed by atoms with van der Waals surface area (Å²) in [6.45, 7) is 3.57. The van der Waals surface area contributed by atoms with Crippen LogP contribution in [-0.2, 0) is 4.79 Å². The lowest BCUT2D eigenvalue weighted by molar-refractivity contribution is -0.117. The SMILES string of the molecule is C/C=C/C(=O)NC(CC)N(Cl)C(=N)N. The summed E-state index contributed by atoms with van der Waals surface area (Å²) in [6, 6.07) is 0. The van der Waals surface area contributed by atoms with Crippen molar-refractivity contribution in [1.29, 1.82) is 5.41 Å². The molecule has 0 heterocycles. The van der Waals surface area contributed by atoms with Crippen molar-refractivity contribution in [3.8, 4) is 0 Å². The van der Waals surface area contributed by atoms with Crippen LogP contribution in [0.2, 0.25) is 0 Å². The minimum Gasteiger partial charge on any atom is -0.369 e. The molecular formula is C8H15ClN4O. The van der Waals surface area contributed by atoms with Gasteiger partial charge in [0.05, 0.1) is 0 Å². The maximum Gasteiger partial charge on any atom is 0.245 e. The number of halogens is 1. The number of guanidine groups is 1. The summed E-state index contributed by atoms with van der Waals surface area (Å²) >= 11 is 5.67. The van der Waals surface area contributed by atoms with Crippen LogP contribution in [-0.4, -0.2) is 22.5 Å². The van der Waals surface area contributed by atoms with Crippen molar-refractivity contribution < 1.29 is 4.79 Å². The summed E-state index contributed by atoms with van der Waals surface area (Å²) < 4.78 is 0.988. The van der Waals surface area contributed by atoms with Crippen molar-refractivity contribution in [3.63, 3.8) is 0 Å². The normalized spacial score (nSPS) is 12.5. The summed E-state index contributed by atoms with van der Waals surface area (Å²) in [4.78, 5) is 11.1. The molecule has 1 amide bonds. The molecule has 0 fully saturated rings. The lowest BCUT2D eigenvalue weighted by atomic mass is 10.3. The van der Waals surface area contributed by atoms with E-state index < -0.39 is 6.17 Å². The predicted molar refractivity (Wildman–Crippen MR) is 56.6 cm³/mol. The molecule has 0 bridgehead atoms. The van der Waals surface area contributed by atoms with E-state index in [0.717, 1.165) is 4.42 Å². The van der Waals surface area contributed by atoms with E-state index in [1.807, 2.05) is 6.92 Å². The van der Waals surface area contributed by atoms with Gasteiger partial charge >= 0.3 is 0 Å². The molecule has 0 aromatic heterocycles. The summed E-state index contributed by atoms with van der Waals surface area (Å²) in [5.41, 5.74) is 5.17. The maximum absolute atomic E-state index is 11.1. The first-order valence-corrected chi connectivity index (χ1v) is 4.59. The molecule has 0 aromatic rings. The third-order valence-electron chi connectivity index (χ3n) is 1.52. The zero-order chi connectivity index (χ0) is 11.1. The average Bonchev–Trinajstić information content (AvgIpc) is 2.13. The van der Waals surface area contributed by atoms with E-state index in [1.165, 1.54) is 6.08 Å². The number of allylic oxidation sites excluding steroid dienone is 1. The number of carbonyl (C=O) groups excluding carboxylic acids is 1. The number of rotatable bonds is 4. The second kappa shape index (κ2) is 6.26. The molecule has 0 saturated carbocycles. The minimum atomic E-state index is -0.460. The molecule has 0 spiro atoms. The highest BCUT2D eigenvalue weighted by atomic mass is 35.5. The first kappa shape index (κ1) is 12.8. The van der Waals surface area contributed by atoms with Crippen LogP contribution in [0.1, 0.15) is 20.3 Å². The number of hydrogen-bond acceptors (Lipinski definition) is 2. The van der Waals surface area contributed by atoms with Gasteiger partial charge in [0.1, 0.15) is 6.17 Å². The molecule has 80 valence electrons. The fourth-order valence-electron chi connectivity index (χ4n) is 0.851. The molecule has 0 rings (SSSR count). The van der Waals surface area contributed by atoms with Crippen LogP contribution in [0, 0.1) is 5.41 Å². The number of nitrogens with zero attached hydrogens (tertiary/aromatic N) is 1. The topological polar surface area (TPSA) is 82.2 Å². The van der Waals surface area contributed by atoms with Crippen LogP contribution in [0.5, 0.6) is 0 Å². The molecule has 6 heteroatoms. The molecule has 1 unspecified atom stereocenters. The Morgan fingerprint density at radius 2 is 2.36 bits per heavy atom. The van der Waals surface area contributed by atoms with Crippen LogP contribution < -0.4 is 11.1 Å². The summed E-state index contributed by atoms with van der Waals surface area (Å²) in [5.74, 6) is -0.550. The van der Waals surface area contributed by atoms with Gasteiger partial charge in [0.25, 0.3) is 0 Å². The molecule has 0 aliphatic rings. The molecule has 14 heavy (non-hydrogen) atoms. The zero-order valence-electron chi connectivity index (χ0n) is 8.25. The highest BCUT2D eigenvalue weighted by Gasteiger charge is 2.16. The van der Waals surface area contributed by atoms with E-state index in [0.29, 0.717) is 6.42 Å². The van der Waals surface area contributed by atoms with E-state index in [4.69, 9.17) is 22.9 Å². The van der Waals surface area contributed by atoms with Gasteiger partial charge in [-0.1, -0.05) is 13.0 Å². The predicted octanol–water partition coefficient (Wildman–Crippen LogP) is 0.764. The fraction of sp³-hybridized carbons (Fsp3) is 0.500. The van der Waals surface area contributed by atoms with E-state index in [-0.39, 0.29) is 11.9 Å². The quantitative estimate of drug-likeness (QED) is 0.214. The average molecular weight is 219 g/mol. The highest BCUT2D eigenvalue weighted by Crippen LogP contribution is 2.03. The molecular weight excluding hydrogens is 204 g/mol. The van der Waals surface area contributed by atoms with Gasteiger partial charge in [0.15, 0.2) is 0 Å². The van der Waals surface area contributed by atoms with E-state index in [2.05, 4.69) is 5.32 Å². The zero-order valence-corrected chi connectivity index (χ0v) is 9.01. The van der Waals surface area contributed by atoms with Crippen LogP contribution in [0.3, 0.4) is 0 Å². The van der Waals surface area contributed by atoms with E-state index >= 15 is 0 Å². The minimum absolute atomic E-state index is 0.258. The molecule has 0 aromatic carbocycles. The highest BCUT2D eigenvalue weighted by molar-refractivity contribution is 6.21. The van der Waals surface area contributed by atoms with Crippen molar-refractivity contribution in [2.45, 2.75) is 26.4 Å². The fourth-order valence-corrected chi connectivity index (χ4v) is 1.04. The Balaban J connectivity index is 4.28. The third kappa shape index (κ3) is 4.13. The van der Waals surface area contributed by atoms with Gasteiger partial charge in [-0.3, -0.25) is 10.2 Å². The van der Waals surface area contributed by atoms with Gasteiger partial charge in [0.2, 0.25) is 11.9 Å². The van der Waals surface area contributed by atoms with Crippen LogP contribution in [0.25, 0.3) is 0 Å². The van der Waals surface area contributed by atoms with Gasteiger partial charge in [-0.25, -0.2) is 4.42 Å². The Kier molecular flexibility index (Phi) is 5.71. The van der Waals surface area contributed by atoms with Crippen LogP contribution >= 0.6 is 11.8 Å². The molecule has 0 aliphatic carbocycles. The van der Waals surface area contributed by atoms with Gasteiger partial charge in [-0.05, 0) is 19.4 Å². The van der Waals surface area contributed by atoms with Crippen LogP contribution in [0.15, 0.2) is 12.2 Å². The number of nitrogens with two attached hydrogens (primary N) is 1. The Morgan fingerprint density at radius 1 is 1.79 bits per heavy atom. The van der Waals surface area contributed by atoms with Gasteiger partial charge in [0, 0.05) is 11.8 Å². The monoisotopic (exact) mass is 218 g/mol. The van der Waals surface area contributed by atoms with E-state index in [9.17, 15) is 4.79 Å². The van der Waals surface area contributed by atoms with E-state index in [1.54, 1.807) is 13.0 Å². The molecule has 4 N–H and O–H groups in total. The molecule has 1 atom stereocenters. The molecule has 0 radical (unpaired) electrons. The van der Waals surface area contributed by atoms with Crippen LogP contribution in [0.4, 0.5) is 0 Å². The summed E-state index contributed by atoms with van der Waals surface area (Å²) in [7, 11) is 0. The summed E-state index contributed by atoms with van der Waals surface area (Å²) in [5, 5.41) is 9.68. The van der Waals surface area contributed by atoms with Crippen molar-refractivity contribution >= 4 is 23.6 Å². The Hall–Kier alpha value is -1.23. The molecule has 0 saturated heterocycles. The Labute approximate surface area is 88.5 Å². The number of nitrogens with one attached hydrogen (secondary N) is 2. The summed E-state index contributed by atoms with van der Waals surface area (Å²) in [6.07, 6.45) is 3.10. The van der Waals surface area contributed by atoms with Gasteiger partial charge < -0.3 is 11.1 Å². The number of carbonyl (C=O) groups is 1. The number of hydrogen-bond donors (Lipinski definition) is 3. The first-order chi connectivity index (χ1) is 6.52. The lowest BCUT2D eigenvalue weighted by Gasteiger charge is -2.24. The smallest absolute Gasteiger partial charge is 0.245 e. The first-order valence-electron chi connectivity index (χ1n) is 4.25. The third-order valence-corrected chi connectivity index (χ3v) is 1.94. The lowest BCUT2D eigenvalue weighted by Crippen LogP contribution is -2.47. The largest absolute Gasteiger partial charge is 0.369 e. The second-order valence-corrected chi connectivity index (χ2v) is 2.99. The maximum atomic E-state index is 11.1. The standard InChI is InChI=1S/C8H15ClN4O/c1-3-5-7(14)12-6(4-2)13(9)8(10)11/h3,5-6H,4H2,1-2H3,(H3,10,11)(H,12,14)/b5-3+. The van der Waals surface area contributed by atoms with Gasteiger partial charge in [-0.15, -0.1) is 0 Å². The molecule has 0 aliphatic heterocycles.